The molecule has 7 heteroatoms. The summed E-state index contributed by atoms with van der Waals surface area (Å²) in [5, 5.41) is 4.60. The third kappa shape index (κ3) is 3.39. The maximum atomic E-state index is 12.4. The van der Waals surface area contributed by atoms with E-state index in [1.807, 2.05) is 0 Å². The summed E-state index contributed by atoms with van der Waals surface area (Å²) in [7, 11) is 0. The van der Waals surface area contributed by atoms with Gasteiger partial charge < -0.3 is 4.42 Å². The third-order valence-electron chi connectivity index (χ3n) is 3.25. The summed E-state index contributed by atoms with van der Waals surface area (Å²) >= 11 is 9.18. The number of nitrogens with zero attached hydrogens (tertiary/aromatic N) is 1. The second-order valence-corrected chi connectivity index (χ2v) is 6.13. The zero-order chi connectivity index (χ0) is 17.1. The molecule has 0 aliphatic heterocycles. The first-order valence-electron chi connectivity index (χ1n) is 6.85. The van der Waals surface area contributed by atoms with E-state index in [-0.39, 0.29) is 11.0 Å². The van der Waals surface area contributed by atoms with E-state index in [0.717, 1.165) is 0 Å². The molecule has 0 saturated heterocycles. The van der Waals surface area contributed by atoms with Crippen LogP contribution in [0.5, 0.6) is 0 Å². The fourth-order valence-corrected chi connectivity index (χ4v) is 2.71. The second-order valence-electron chi connectivity index (χ2n) is 4.84. The standard InChI is InChI=1S/C17H10BrClN2O3/c18-14-4-2-1-3-12(14)17(23)21-20-8-10-9-24-15-6-5-11(19)7-13(15)16(10)22/h1-9H,(H,21,23). The van der Waals surface area contributed by atoms with Crippen LogP contribution in [-0.4, -0.2) is 12.1 Å². The van der Waals surface area contributed by atoms with Crippen molar-refractivity contribution in [3.8, 4) is 0 Å². The number of amides is 1. The molecule has 0 aliphatic rings. The van der Waals surface area contributed by atoms with Crippen molar-refractivity contribution in [2.45, 2.75) is 0 Å². The van der Waals surface area contributed by atoms with Crippen LogP contribution in [0.4, 0.5) is 0 Å². The summed E-state index contributed by atoms with van der Waals surface area (Å²) in [6, 6.07) is 11.7. The van der Waals surface area contributed by atoms with E-state index < -0.39 is 5.91 Å². The Kier molecular flexibility index (Phi) is 4.78. The largest absolute Gasteiger partial charge is 0.463 e. The lowest BCUT2D eigenvalue weighted by Gasteiger charge is -2.02. The number of benzene rings is 2. The zero-order valence-corrected chi connectivity index (χ0v) is 14.5. The lowest BCUT2D eigenvalue weighted by Crippen LogP contribution is -2.19. The molecular weight excluding hydrogens is 396 g/mol. The molecule has 2 aromatic carbocycles. The molecule has 120 valence electrons. The van der Waals surface area contributed by atoms with Crippen LogP contribution in [0, 0.1) is 0 Å². The maximum Gasteiger partial charge on any atom is 0.272 e. The SMILES string of the molecule is O=C(NN=Cc1coc2ccc(Cl)cc2c1=O)c1ccccc1Br. The molecule has 1 N–H and O–H groups in total. The Labute approximate surface area is 150 Å². The average molecular weight is 406 g/mol. The zero-order valence-electron chi connectivity index (χ0n) is 12.1. The van der Waals surface area contributed by atoms with Gasteiger partial charge in [-0.3, -0.25) is 9.59 Å². The molecule has 1 heterocycles. The van der Waals surface area contributed by atoms with Gasteiger partial charge in [0.05, 0.1) is 22.7 Å². The molecule has 0 spiro atoms. The van der Waals surface area contributed by atoms with Gasteiger partial charge in [-0.2, -0.15) is 5.10 Å². The first kappa shape index (κ1) is 16.4. The lowest BCUT2D eigenvalue weighted by molar-refractivity contribution is 0.0954. The van der Waals surface area contributed by atoms with Crippen LogP contribution < -0.4 is 10.9 Å². The fraction of sp³-hybridized carbons (Fsp3) is 0. The van der Waals surface area contributed by atoms with Crippen molar-refractivity contribution in [2.75, 3.05) is 0 Å². The molecule has 3 aromatic rings. The minimum Gasteiger partial charge on any atom is -0.463 e. The van der Waals surface area contributed by atoms with Gasteiger partial charge in [-0.15, -0.1) is 0 Å². The number of fused-ring (bicyclic) bond motifs is 1. The monoisotopic (exact) mass is 404 g/mol. The molecule has 0 unspecified atom stereocenters. The first-order chi connectivity index (χ1) is 11.6. The highest BCUT2D eigenvalue weighted by Gasteiger charge is 2.09. The number of carbonyl (C=O) groups excluding carboxylic acids is 1. The van der Waals surface area contributed by atoms with Crippen LogP contribution in [0.25, 0.3) is 11.0 Å². The van der Waals surface area contributed by atoms with E-state index in [1.165, 1.54) is 18.5 Å². The van der Waals surface area contributed by atoms with Crippen LogP contribution in [-0.2, 0) is 0 Å². The Hall–Kier alpha value is -2.44. The minimum absolute atomic E-state index is 0.206. The molecule has 24 heavy (non-hydrogen) atoms. The van der Waals surface area contributed by atoms with E-state index in [4.69, 9.17) is 16.0 Å². The molecule has 1 amide bonds. The van der Waals surface area contributed by atoms with Gasteiger partial charge in [-0.1, -0.05) is 23.7 Å². The molecule has 0 radical (unpaired) electrons. The number of hydrogen-bond donors (Lipinski definition) is 1. The molecule has 0 atom stereocenters. The summed E-state index contributed by atoms with van der Waals surface area (Å²) in [5.74, 6) is -0.396. The van der Waals surface area contributed by atoms with E-state index in [9.17, 15) is 9.59 Å². The summed E-state index contributed by atoms with van der Waals surface area (Å²) in [5.41, 5.74) is 3.16. The average Bonchev–Trinajstić information content (AvgIpc) is 2.57. The Morgan fingerprint density at radius 2 is 2.04 bits per heavy atom. The van der Waals surface area contributed by atoms with E-state index in [2.05, 4.69) is 26.5 Å². The van der Waals surface area contributed by atoms with Gasteiger partial charge in [0.25, 0.3) is 5.91 Å². The van der Waals surface area contributed by atoms with Crippen molar-refractivity contribution in [3.63, 3.8) is 0 Å². The molecule has 0 fully saturated rings. The van der Waals surface area contributed by atoms with Crippen molar-refractivity contribution >= 4 is 50.6 Å². The maximum absolute atomic E-state index is 12.4. The molecular formula is C17H10BrClN2O3. The van der Waals surface area contributed by atoms with E-state index in [1.54, 1.807) is 36.4 Å². The van der Waals surface area contributed by atoms with Crippen molar-refractivity contribution < 1.29 is 9.21 Å². The van der Waals surface area contributed by atoms with Crippen LogP contribution in [0.3, 0.4) is 0 Å². The molecule has 0 bridgehead atoms. The number of carbonyl (C=O) groups is 1. The predicted octanol–water partition coefficient (Wildman–Crippen LogP) is 3.97. The summed E-state index contributed by atoms with van der Waals surface area (Å²) in [4.78, 5) is 24.4. The third-order valence-corrected chi connectivity index (χ3v) is 4.18. The van der Waals surface area contributed by atoms with Gasteiger partial charge in [0.15, 0.2) is 0 Å². The van der Waals surface area contributed by atoms with Crippen molar-refractivity contribution in [1.82, 2.24) is 5.43 Å². The molecule has 1 aromatic heterocycles. The Morgan fingerprint density at radius 1 is 1.25 bits per heavy atom. The number of halogens is 2. The van der Waals surface area contributed by atoms with Gasteiger partial charge in [-0.05, 0) is 46.3 Å². The van der Waals surface area contributed by atoms with Crippen LogP contribution in [0.2, 0.25) is 5.02 Å². The Bertz CT molecular complexity index is 1010. The highest BCUT2D eigenvalue weighted by Crippen LogP contribution is 2.17. The van der Waals surface area contributed by atoms with Gasteiger partial charge in [-0.25, -0.2) is 5.43 Å². The van der Waals surface area contributed by atoms with Crippen molar-refractivity contribution in [3.05, 3.63) is 79.6 Å². The van der Waals surface area contributed by atoms with Crippen LogP contribution >= 0.6 is 27.5 Å². The summed E-state index contributed by atoms with van der Waals surface area (Å²) in [6.07, 6.45) is 2.52. The highest BCUT2D eigenvalue weighted by atomic mass is 79.9. The number of hydrazone groups is 1. The summed E-state index contributed by atoms with van der Waals surface area (Å²) < 4.78 is 6.02. The van der Waals surface area contributed by atoms with Crippen molar-refractivity contribution in [1.29, 1.82) is 0 Å². The van der Waals surface area contributed by atoms with Crippen molar-refractivity contribution in [2.24, 2.45) is 5.10 Å². The topological polar surface area (TPSA) is 71.7 Å². The van der Waals surface area contributed by atoms with E-state index >= 15 is 0 Å². The fourth-order valence-electron chi connectivity index (χ4n) is 2.07. The molecule has 0 saturated carbocycles. The quantitative estimate of drug-likeness (QED) is 0.529. The predicted molar refractivity (Wildman–Crippen MR) is 96.7 cm³/mol. The van der Waals surface area contributed by atoms with E-state index in [0.29, 0.717) is 26.0 Å². The van der Waals surface area contributed by atoms with Gasteiger partial charge >= 0.3 is 0 Å². The molecule has 3 rings (SSSR count). The number of rotatable bonds is 3. The van der Waals surface area contributed by atoms with Crippen LogP contribution in [0.1, 0.15) is 15.9 Å². The first-order valence-corrected chi connectivity index (χ1v) is 8.02. The van der Waals surface area contributed by atoms with Gasteiger partial charge in [0, 0.05) is 9.50 Å². The molecule has 5 nitrogen and oxygen atoms in total. The van der Waals surface area contributed by atoms with Gasteiger partial charge in [0.2, 0.25) is 5.43 Å². The Morgan fingerprint density at radius 3 is 2.83 bits per heavy atom. The Balaban J connectivity index is 1.84. The smallest absolute Gasteiger partial charge is 0.272 e. The summed E-state index contributed by atoms with van der Waals surface area (Å²) in [6.45, 7) is 0. The number of hydrogen-bond acceptors (Lipinski definition) is 4. The second kappa shape index (κ2) is 6.98. The van der Waals surface area contributed by atoms with Crippen LogP contribution in [0.15, 0.2) is 67.5 Å². The normalized spacial score (nSPS) is 11.1. The molecule has 0 aliphatic carbocycles. The lowest BCUT2D eigenvalue weighted by atomic mass is 10.2. The van der Waals surface area contributed by atoms with Gasteiger partial charge in [0.1, 0.15) is 11.8 Å². The number of nitrogens with one attached hydrogen (secondary N) is 1. The highest BCUT2D eigenvalue weighted by molar-refractivity contribution is 9.10. The minimum atomic E-state index is -0.396.